The topological polar surface area (TPSA) is 40.5 Å². The molecule has 0 atom stereocenters. The first-order chi connectivity index (χ1) is 9.47. The van der Waals surface area contributed by atoms with E-state index in [0.717, 1.165) is 15.6 Å². The van der Waals surface area contributed by atoms with Crippen molar-refractivity contribution in [1.82, 2.24) is 4.90 Å². The Kier molecular flexibility index (Phi) is 4.45. The van der Waals surface area contributed by atoms with Crippen LogP contribution in [0.1, 0.15) is 21.5 Å². The highest BCUT2D eigenvalue weighted by molar-refractivity contribution is 9.10. The van der Waals surface area contributed by atoms with Gasteiger partial charge in [-0.2, -0.15) is 0 Å². The highest BCUT2D eigenvalue weighted by Gasteiger charge is 2.14. The van der Waals surface area contributed by atoms with Gasteiger partial charge in [0.15, 0.2) is 0 Å². The molecule has 0 aliphatic rings. The normalized spacial score (nSPS) is 10.3. The van der Waals surface area contributed by atoms with E-state index in [-0.39, 0.29) is 11.7 Å². The number of carbonyl (C=O) groups excluding carboxylic acids is 1. The first kappa shape index (κ1) is 14.6. The Bertz CT molecular complexity index is 623. The number of carbonyl (C=O) groups is 1. The lowest BCUT2D eigenvalue weighted by molar-refractivity contribution is 0.0784. The second kappa shape index (κ2) is 6.09. The van der Waals surface area contributed by atoms with Gasteiger partial charge in [0.05, 0.1) is 0 Å². The molecule has 3 nitrogen and oxygen atoms in total. The second-order valence-corrected chi connectivity index (χ2v) is 5.70. The van der Waals surface area contributed by atoms with Gasteiger partial charge in [-0.1, -0.05) is 34.1 Å². The van der Waals surface area contributed by atoms with Crippen molar-refractivity contribution < 1.29 is 9.90 Å². The third-order valence-corrected chi connectivity index (χ3v) is 3.63. The summed E-state index contributed by atoms with van der Waals surface area (Å²) in [7, 11) is 1.77. The standard InChI is InChI=1S/C16H16BrNO2/c1-11-3-6-13(17)9-15(11)16(20)18(2)10-12-4-7-14(19)8-5-12/h3-9,19H,10H2,1-2H3. The number of hydrogen-bond acceptors (Lipinski definition) is 2. The molecule has 0 aromatic heterocycles. The summed E-state index contributed by atoms with van der Waals surface area (Å²) in [6.45, 7) is 2.43. The molecule has 4 heteroatoms. The number of phenolic OH excluding ortho intramolecular Hbond substituents is 1. The molecule has 0 saturated heterocycles. The van der Waals surface area contributed by atoms with Crippen LogP contribution < -0.4 is 0 Å². The summed E-state index contributed by atoms with van der Waals surface area (Å²) >= 11 is 3.39. The minimum Gasteiger partial charge on any atom is -0.508 e. The molecule has 1 N–H and O–H groups in total. The summed E-state index contributed by atoms with van der Waals surface area (Å²) in [6, 6.07) is 12.6. The molecule has 0 aliphatic heterocycles. The molecule has 2 aromatic carbocycles. The van der Waals surface area contributed by atoms with Gasteiger partial charge in [0.1, 0.15) is 5.75 Å². The van der Waals surface area contributed by atoms with Crippen molar-refractivity contribution in [2.45, 2.75) is 13.5 Å². The van der Waals surface area contributed by atoms with Crippen LogP contribution in [0, 0.1) is 6.92 Å². The number of benzene rings is 2. The number of nitrogens with zero attached hydrogens (tertiary/aromatic N) is 1. The predicted octanol–water partition coefficient (Wildman–Crippen LogP) is 3.74. The second-order valence-electron chi connectivity index (χ2n) is 4.79. The van der Waals surface area contributed by atoms with Crippen LogP contribution >= 0.6 is 15.9 Å². The van der Waals surface area contributed by atoms with E-state index in [1.807, 2.05) is 37.3 Å². The summed E-state index contributed by atoms with van der Waals surface area (Å²) in [6.07, 6.45) is 0. The van der Waals surface area contributed by atoms with Gasteiger partial charge in [0.2, 0.25) is 0 Å². The molecule has 0 unspecified atom stereocenters. The third kappa shape index (κ3) is 3.39. The number of rotatable bonds is 3. The van der Waals surface area contributed by atoms with Crippen molar-refractivity contribution >= 4 is 21.8 Å². The number of hydrogen-bond donors (Lipinski definition) is 1. The van der Waals surface area contributed by atoms with Gasteiger partial charge in [-0.25, -0.2) is 0 Å². The molecule has 0 heterocycles. The number of aromatic hydroxyl groups is 1. The molecule has 0 fully saturated rings. The zero-order valence-corrected chi connectivity index (χ0v) is 13.0. The van der Waals surface area contributed by atoms with Crippen LogP contribution in [0.5, 0.6) is 5.75 Å². The zero-order valence-electron chi connectivity index (χ0n) is 11.4. The van der Waals surface area contributed by atoms with Crippen LogP contribution in [-0.4, -0.2) is 23.0 Å². The van der Waals surface area contributed by atoms with Crippen molar-refractivity contribution in [2.24, 2.45) is 0 Å². The van der Waals surface area contributed by atoms with Crippen LogP contribution in [0.25, 0.3) is 0 Å². The first-order valence-electron chi connectivity index (χ1n) is 6.27. The molecule has 1 amide bonds. The highest BCUT2D eigenvalue weighted by atomic mass is 79.9. The predicted molar refractivity (Wildman–Crippen MR) is 82.8 cm³/mol. The fraction of sp³-hybridized carbons (Fsp3) is 0.188. The van der Waals surface area contributed by atoms with Gasteiger partial charge in [-0.3, -0.25) is 4.79 Å². The van der Waals surface area contributed by atoms with Crippen molar-refractivity contribution in [3.63, 3.8) is 0 Å². The van der Waals surface area contributed by atoms with E-state index >= 15 is 0 Å². The first-order valence-corrected chi connectivity index (χ1v) is 7.06. The van der Waals surface area contributed by atoms with Gasteiger partial charge in [0.25, 0.3) is 5.91 Å². The van der Waals surface area contributed by atoms with E-state index in [1.165, 1.54) is 0 Å². The maximum atomic E-state index is 12.4. The van der Waals surface area contributed by atoms with E-state index in [1.54, 1.807) is 24.1 Å². The molecule has 20 heavy (non-hydrogen) atoms. The lowest BCUT2D eigenvalue weighted by Crippen LogP contribution is -2.26. The Labute approximate surface area is 127 Å². The third-order valence-electron chi connectivity index (χ3n) is 3.13. The monoisotopic (exact) mass is 333 g/mol. The van der Waals surface area contributed by atoms with E-state index in [0.29, 0.717) is 12.1 Å². The Morgan fingerprint density at radius 3 is 2.50 bits per heavy atom. The van der Waals surface area contributed by atoms with E-state index < -0.39 is 0 Å². The SMILES string of the molecule is Cc1ccc(Br)cc1C(=O)N(C)Cc1ccc(O)cc1. The highest BCUT2D eigenvalue weighted by Crippen LogP contribution is 2.18. The minimum atomic E-state index is -0.0168. The molecule has 104 valence electrons. The number of amides is 1. The maximum absolute atomic E-state index is 12.4. The van der Waals surface area contributed by atoms with Crippen molar-refractivity contribution in [2.75, 3.05) is 7.05 Å². The Morgan fingerprint density at radius 2 is 1.85 bits per heavy atom. The number of phenols is 1. The van der Waals surface area contributed by atoms with Crippen molar-refractivity contribution in [1.29, 1.82) is 0 Å². The van der Waals surface area contributed by atoms with Gasteiger partial charge >= 0.3 is 0 Å². The van der Waals surface area contributed by atoms with Gasteiger partial charge < -0.3 is 10.0 Å². The van der Waals surface area contributed by atoms with Crippen LogP contribution in [0.4, 0.5) is 0 Å². The Balaban J connectivity index is 2.16. The fourth-order valence-corrected chi connectivity index (χ4v) is 2.34. The number of aryl methyl sites for hydroxylation is 1. The molecule has 0 saturated carbocycles. The smallest absolute Gasteiger partial charge is 0.254 e. The summed E-state index contributed by atoms with van der Waals surface area (Å²) in [5, 5.41) is 9.26. The van der Waals surface area contributed by atoms with Crippen molar-refractivity contribution in [3.05, 3.63) is 63.6 Å². The van der Waals surface area contributed by atoms with Crippen LogP contribution in [-0.2, 0) is 6.54 Å². The van der Waals surface area contributed by atoms with E-state index in [9.17, 15) is 9.90 Å². The van der Waals surface area contributed by atoms with Gasteiger partial charge in [0, 0.05) is 23.6 Å². The molecular formula is C16H16BrNO2. The molecule has 2 rings (SSSR count). The van der Waals surface area contributed by atoms with E-state index in [2.05, 4.69) is 15.9 Å². The molecule has 0 radical (unpaired) electrons. The Hall–Kier alpha value is -1.81. The summed E-state index contributed by atoms with van der Waals surface area (Å²) in [4.78, 5) is 14.1. The van der Waals surface area contributed by atoms with Gasteiger partial charge in [-0.15, -0.1) is 0 Å². The lowest BCUT2D eigenvalue weighted by Gasteiger charge is -2.18. The molecule has 0 aliphatic carbocycles. The van der Waals surface area contributed by atoms with Crippen LogP contribution in [0.2, 0.25) is 0 Å². The fourth-order valence-electron chi connectivity index (χ4n) is 1.98. The average Bonchev–Trinajstić information content (AvgIpc) is 2.43. The largest absolute Gasteiger partial charge is 0.508 e. The maximum Gasteiger partial charge on any atom is 0.254 e. The summed E-state index contributed by atoms with van der Waals surface area (Å²) < 4.78 is 0.893. The van der Waals surface area contributed by atoms with E-state index in [4.69, 9.17) is 0 Å². The van der Waals surface area contributed by atoms with Crippen LogP contribution in [0.15, 0.2) is 46.9 Å². The van der Waals surface area contributed by atoms with Gasteiger partial charge in [-0.05, 0) is 42.3 Å². The number of halogens is 1. The minimum absolute atomic E-state index is 0.0168. The molecule has 0 spiro atoms. The molecule has 0 bridgehead atoms. The van der Waals surface area contributed by atoms with Crippen molar-refractivity contribution in [3.8, 4) is 5.75 Å². The Morgan fingerprint density at radius 1 is 1.20 bits per heavy atom. The average molecular weight is 334 g/mol. The van der Waals surface area contributed by atoms with Crippen LogP contribution in [0.3, 0.4) is 0 Å². The lowest BCUT2D eigenvalue weighted by atomic mass is 10.1. The summed E-state index contributed by atoms with van der Waals surface area (Å²) in [5.74, 6) is 0.211. The molecule has 2 aromatic rings. The molecular weight excluding hydrogens is 318 g/mol. The summed E-state index contributed by atoms with van der Waals surface area (Å²) in [5.41, 5.74) is 2.63. The zero-order chi connectivity index (χ0) is 14.7. The quantitative estimate of drug-likeness (QED) is 0.929.